The van der Waals surface area contributed by atoms with Gasteiger partial charge in [0, 0.05) is 17.6 Å². The van der Waals surface area contributed by atoms with Gasteiger partial charge in [-0.15, -0.1) is 0 Å². The van der Waals surface area contributed by atoms with E-state index in [-0.39, 0.29) is 29.2 Å². The first-order chi connectivity index (χ1) is 12.3. The van der Waals surface area contributed by atoms with Crippen LogP contribution in [0.3, 0.4) is 0 Å². The molecule has 1 atom stereocenters. The summed E-state index contributed by atoms with van der Waals surface area (Å²) in [6, 6.07) is 5.24. The molecule has 0 bridgehead atoms. The number of thioether (sulfide) groups is 1. The Labute approximate surface area is 163 Å². The normalized spacial score (nSPS) is 12.5. The summed E-state index contributed by atoms with van der Waals surface area (Å²) in [6.07, 6.45) is 1.97. The molecule has 1 aromatic carbocycles. The van der Waals surface area contributed by atoms with Crippen LogP contribution < -0.4 is 10.9 Å². The summed E-state index contributed by atoms with van der Waals surface area (Å²) in [5.74, 6) is 0.467. The molecule has 1 N–H and O–H groups in total. The third-order valence-electron chi connectivity index (χ3n) is 3.89. The Balaban J connectivity index is 2.29. The lowest BCUT2D eigenvalue weighted by Crippen LogP contribution is -2.34. The number of benzene rings is 1. The molecule has 0 spiro atoms. The monoisotopic (exact) mass is 395 g/mol. The molecule has 0 radical (unpaired) electrons. The van der Waals surface area contributed by atoms with Crippen LogP contribution in [0.25, 0.3) is 10.9 Å². The van der Waals surface area contributed by atoms with Crippen LogP contribution in [0.15, 0.2) is 28.2 Å². The van der Waals surface area contributed by atoms with Crippen molar-refractivity contribution in [3.05, 3.63) is 33.6 Å². The highest BCUT2D eigenvalue weighted by Crippen LogP contribution is 2.21. The molecular formula is C19H26ClN3O2S. The van der Waals surface area contributed by atoms with E-state index in [0.717, 1.165) is 12.8 Å². The Kier molecular flexibility index (Phi) is 7.53. The summed E-state index contributed by atoms with van der Waals surface area (Å²) in [5.41, 5.74) is 0.465. The van der Waals surface area contributed by atoms with E-state index in [1.165, 1.54) is 11.8 Å². The average Bonchev–Trinajstić information content (AvgIpc) is 2.55. The zero-order valence-corrected chi connectivity index (χ0v) is 17.3. The average molecular weight is 396 g/mol. The number of hydrogen-bond donors (Lipinski definition) is 1. The van der Waals surface area contributed by atoms with Crippen LogP contribution in [0.2, 0.25) is 5.02 Å². The molecule has 1 aromatic heterocycles. The number of hydrogen-bond acceptors (Lipinski definition) is 4. The van der Waals surface area contributed by atoms with Gasteiger partial charge in [0.2, 0.25) is 5.91 Å². The fourth-order valence-corrected chi connectivity index (χ4v) is 3.75. The number of fused-ring (bicyclic) bond motifs is 1. The number of aromatic nitrogens is 2. The number of rotatable bonds is 8. The van der Waals surface area contributed by atoms with Gasteiger partial charge in [0.05, 0.1) is 16.7 Å². The summed E-state index contributed by atoms with van der Waals surface area (Å²) < 4.78 is 1.66. The minimum atomic E-state index is -0.0948. The summed E-state index contributed by atoms with van der Waals surface area (Å²) >= 11 is 7.33. The number of carbonyl (C=O) groups is 1. The van der Waals surface area contributed by atoms with Gasteiger partial charge in [-0.2, -0.15) is 0 Å². The van der Waals surface area contributed by atoms with Crippen molar-refractivity contribution in [1.82, 2.24) is 14.9 Å². The van der Waals surface area contributed by atoms with Crippen LogP contribution in [0.5, 0.6) is 0 Å². The molecule has 1 heterocycles. The predicted octanol–water partition coefficient (Wildman–Crippen LogP) is 4.10. The molecule has 2 rings (SSSR count). The fraction of sp³-hybridized carbons (Fsp3) is 0.526. The SMILES string of the molecule is CCC[C@H](C)NC(=O)CSc1nc2cc(Cl)ccc2c(=O)n1CC(C)C. The maximum absolute atomic E-state index is 12.9. The zero-order chi connectivity index (χ0) is 19.3. The molecule has 0 saturated carbocycles. The number of nitrogens with one attached hydrogen (secondary N) is 1. The molecule has 0 aliphatic heterocycles. The van der Waals surface area contributed by atoms with Gasteiger partial charge >= 0.3 is 0 Å². The Morgan fingerprint density at radius 3 is 2.73 bits per heavy atom. The van der Waals surface area contributed by atoms with Crippen molar-refractivity contribution in [2.24, 2.45) is 5.92 Å². The molecule has 0 fully saturated rings. The van der Waals surface area contributed by atoms with Crippen molar-refractivity contribution >= 4 is 40.2 Å². The van der Waals surface area contributed by atoms with Crippen LogP contribution in [0.4, 0.5) is 0 Å². The predicted molar refractivity (Wildman–Crippen MR) is 109 cm³/mol. The van der Waals surface area contributed by atoms with Gasteiger partial charge in [-0.05, 0) is 37.5 Å². The molecular weight excluding hydrogens is 370 g/mol. The van der Waals surface area contributed by atoms with E-state index in [1.807, 2.05) is 20.8 Å². The van der Waals surface area contributed by atoms with Crippen molar-refractivity contribution < 1.29 is 4.79 Å². The third kappa shape index (κ3) is 5.48. The van der Waals surface area contributed by atoms with E-state index < -0.39 is 0 Å². The Bertz CT molecular complexity index is 835. The fourth-order valence-electron chi connectivity index (χ4n) is 2.76. The molecule has 26 heavy (non-hydrogen) atoms. The molecule has 0 unspecified atom stereocenters. The van der Waals surface area contributed by atoms with Crippen molar-refractivity contribution in [3.8, 4) is 0 Å². The van der Waals surface area contributed by atoms with E-state index in [2.05, 4.69) is 17.2 Å². The highest BCUT2D eigenvalue weighted by atomic mass is 35.5. The standard InChI is InChI=1S/C19H26ClN3O2S/c1-5-6-13(4)21-17(24)11-26-19-22-16-9-14(20)7-8-15(16)18(25)23(19)10-12(2)3/h7-9,12-13H,5-6,10-11H2,1-4H3,(H,21,24)/t13-/m0/s1. The zero-order valence-electron chi connectivity index (χ0n) is 15.7. The lowest BCUT2D eigenvalue weighted by atomic mass is 10.2. The van der Waals surface area contributed by atoms with Crippen LogP contribution >= 0.6 is 23.4 Å². The molecule has 0 saturated heterocycles. The molecule has 0 aliphatic rings. The molecule has 0 aliphatic carbocycles. The summed E-state index contributed by atoms with van der Waals surface area (Å²) in [7, 11) is 0. The molecule has 2 aromatic rings. The van der Waals surface area contributed by atoms with Gasteiger partial charge < -0.3 is 5.32 Å². The summed E-state index contributed by atoms with van der Waals surface area (Å²) in [5, 5.41) is 4.61. The highest BCUT2D eigenvalue weighted by molar-refractivity contribution is 7.99. The van der Waals surface area contributed by atoms with Crippen LogP contribution in [-0.4, -0.2) is 27.3 Å². The minimum absolute atomic E-state index is 0.0486. The first kappa shape index (κ1) is 20.8. The number of amides is 1. The van der Waals surface area contributed by atoms with Gasteiger partial charge in [0.1, 0.15) is 0 Å². The lowest BCUT2D eigenvalue weighted by molar-refractivity contribution is -0.119. The van der Waals surface area contributed by atoms with Crippen molar-refractivity contribution in [3.63, 3.8) is 0 Å². The molecule has 5 nitrogen and oxygen atoms in total. The van der Waals surface area contributed by atoms with Crippen molar-refractivity contribution in [2.75, 3.05) is 5.75 Å². The maximum Gasteiger partial charge on any atom is 0.262 e. The highest BCUT2D eigenvalue weighted by Gasteiger charge is 2.15. The van der Waals surface area contributed by atoms with Crippen LogP contribution in [0.1, 0.15) is 40.5 Å². The van der Waals surface area contributed by atoms with Gasteiger partial charge in [0.25, 0.3) is 5.56 Å². The van der Waals surface area contributed by atoms with Crippen LogP contribution in [0, 0.1) is 5.92 Å². The maximum atomic E-state index is 12.9. The second-order valence-electron chi connectivity index (χ2n) is 6.91. The lowest BCUT2D eigenvalue weighted by Gasteiger charge is -2.16. The van der Waals surface area contributed by atoms with Gasteiger partial charge in [-0.25, -0.2) is 4.98 Å². The van der Waals surface area contributed by atoms with Crippen molar-refractivity contribution in [1.29, 1.82) is 0 Å². The first-order valence-electron chi connectivity index (χ1n) is 8.94. The number of nitrogens with zero attached hydrogens (tertiary/aromatic N) is 2. The second-order valence-corrected chi connectivity index (χ2v) is 8.29. The van der Waals surface area contributed by atoms with E-state index in [9.17, 15) is 9.59 Å². The van der Waals surface area contributed by atoms with E-state index >= 15 is 0 Å². The Hall–Kier alpha value is -1.53. The quantitative estimate of drug-likeness (QED) is 0.539. The second kappa shape index (κ2) is 9.42. The Morgan fingerprint density at radius 2 is 2.08 bits per heavy atom. The van der Waals surface area contributed by atoms with E-state index in [1.54, 1.807) is 22.8 Å². The van der Waals surface area contributed by atoms with E-state index in [4.69, 9.17) is 11.6 Å². The van der Waals surface area contributed by atoms with Gasteiger partial charge in [0.15, 0.2) is 5.16 Å². The summed E-state index contributed by atoms with van der Waals surface area (Å²) in [6.45, 7) is 8.74. The molecule has 1 amide bonds. The minimum Gasteiger partial charge on any atom is -0.353 e. The smallest absolute Gasteiger partial charge is 0.262 e. The van der Waals surface area contributed by atoms with Crippen LogP contribution in [-0.2, 0) is 11.3 Å². The number of halogens is 1. The van der Waals surface area contributed by atoms with Crippen molar-refractivity contribution in [2.45, 2.75) is 58.3 Å². The molecule has 142 valence electrons. The first-order valence-corrected chi connectivity index (χ1v) is 10.3. The van der Waals surface area contributed by atoms with Gasteiger partial charge in [-0.1, -0.05) is 50.6 Å². The Morgan fingerprint density at radius 1 is 1.35 bits per heavy atom. The largest absolute Gasteiger partial charge is 0.353 e. The van der Waals surface area contributed by atoms with E-state index in [0.29, 0.717) is 27.6 Å². The van der Waals surface area contributed by atoms with Gasteiger partial charge in [-0.3, -0.25) is 14.2 Å². The summed E-state index contributed by atoms with van der Waals surface area (Å²) in [4.78, 5) is 29.6. The third-order valence-corrected chi connectivity index (χ3v) is 5.10. The molecule has 7 heteroatoms. The topological polar surface area (TPSA) is 64.0 Å². The number of carbonyl (C=O) groups excluding carboxylic acids is 1.